The number of ether oxygens (including phenoxy) is 2. The molecule has 292 valence electrons. The fourth-order valence-electron chi connectivity index (χ4n) is 7.43. The Morgan fingerprint density at radius 1 is 0.946 bits per heavy atom. The molecular formula is C42H43F3N6O5. The molecule has 11 nitrogen and oxygen atoms in total. The van der Waals surface area contributed by atoms with Gasteiger partial charge < -0.3 is 20.1 Å². The zero-order valence-corrected chi connectivity index (χ0v) is 31.0. The number of pyridine rings is 1. The van der Waals surface area contributed by atoms with Gasteiger partial charge in [0.1, 0.15) is 28.6 Å². The summed E-state index contributed by atoms with van der Waals surface area (Å²) in [6, 6.07) is 20.1. The fourth-order valence-corrected chi connectivity index (χ4v) is 7.43. The molecule has 56 heavy (non-hydrogen) atoms. The zero-order valence-electron chi connectivity index (χ0n) is 31.0. The molecule has 3 amide bonds. The Morgan fingerprint density at radius 2 is 1.73 bits per heavy atom. The van der Waals surface area contributed by atoms with E-state index in [1.807, 2.05) is 35.1 Å². The number of halogens is 3. The minimum atomic E-state index is -4.66. The average Bonchev–Trinajstić information content (AvgIpc) is 3.60. The number of carbonyl (C=O) groups is 3. The summed E-state index contributed by atoms with van der Waals surface area (Å²) < 4.78 is 52.8. The molecule has 1 aliphatic heterocycles. The van der Waals surface area contributed by atoms with E-state index >= 15 is 0 Å². The van der Waals surface area contributed by atoms with Crippen molar-refractivity contribution in [1.82, 2.24) is 25.4 Å². The topological polar surface area (TPSA) is 136 Å². The Hall–Kier alpha value is -5.76. The molecular weight excluding hydrogens is 725 g/mol. The summed E-state index contributed by atoms with van der Waals surface area (Å²) in [4.78, 5) is 40.4. The van der Waals surface area contributed by atoms with E-state index in [0.29, 0.717) is 45.5 Å². The van der Waals surface area contributed by atoms with Gasteiger partial charge in [-0.05, 0) is 111 Å². The minimum Gasteiger partial charge on any atom is -0.494 e. The number of unbranched alkanes of at least 4 members (excludes halogenated alkanes) is 2. The number of alkyl halides is 3. The van der Waals surface area contributed by atoms with Crippen LogP contribution in [0, 0.1) is 5.92 Å². The number of imide groups is 1. The molecule has 3 N–H and O–H groups in total. The zero-order chi connectivity index (χ0) is 39.2. The van der Waals surface area contributed by atoms with Crippen molar-refractivity contribution in [2.45, 2.75) is 70.0 Å². The predicted molar refractivity (Wildman–Crippen MR) is 204 cm³/mol. The number of nitrogens with one attached hydrogen (secondary N) is 3. The molecule has 14 heteroatoms. The van der Waals surface area contributed by atoms with Crippen LogP contribution in [-0.4, -0.2) is 52.7 Å². The first kappa shape index (κ1) is 38.5. The number of fused-ring (bicyclic) bond motifs is 2. The highest BCUT2D eigenvalue weighted by Crippen LogP contribution is 2.36. The van der Waals surface area contributed by atoms with E-state index in [4.69, 9.17) is 14.6 Å². The molecule has 0 radical (unpaired) electrons. The van der Waals surface area contributed by atoms with Crippen molar-refractivity contribution < 1.29 is 37.0 Å². The van der Waals surface area contributed by atoms with Gasteiger partial charge in [0.05, 0.1) is 36.3 Å². The fraction of sp³-hybridized carbons (Fsp3) is 0.357. The first-order valence-electron chi connectivity index (χ1n) is 18.9. The summed E-state index contributed by atoms with van der Waals surface area (Å²) in [6.45, 7) is 1.96. The number of hydrogen-bond acceptors (Lipinski definition) is 8. The highest BCUT2D eigenvalue weighted by Gasteiger charge is 2.33. The van der Waals surface area contributed by atoms with Gasteiger partial charge in [-0.1, -0.05) is 36.8 Å². The molecule has 1 aliphatic carbocycles. The Kier molecular flexibility index (Phi) is 11.7. The van der Waals surface area contributed by atoms with E-state index in [0.717, 1.165) is 82.0 Å². The third kappa shape index (κ3) is 9.19. The van der Waals surface area contributed by atoms with Crippen LogP contribution in [-0.2, 0) is 23.8 Å². The third-order valence-corrected chi connectivity index (χ3v) is 10.4. The molecule has 1 saturated carbocycles. The van der Waals surface area contributed by atoms with Crippen LogP contribution in [0.15, 0.2) is 79.0 Å². The highest BCUT2D eigenvalue weighted by molar-refractivity contribution is 6.11. The van der Waals surface area contributed by atoms with Crippen LogP contribution >= 0.6 is 0 Å². The lowest BCUT2D eigenvalue weighted by atomic mass is 9.86. The van der Waals surface area contributed by atoms with E-state index in [2.05, 4.69) is 20.9 Å². The number of anilines is 1. The van der Waals surface area contributed by atoms with Crippen molar-refractivity contribution in [2.24, 2.45) is 5.92 Å². The van der Waals surface area contributed by atoms with Gasteiger partial charge in [-0.25, -0.2) is 4.98 Å². The maximum absolute atomic E-state index is 13.1. The van der Waals surface area contributed by atoms with Gasteiger partial charge in [0, 0.05) is 17.6 Å². The van der Waals surface area contributed by atoms with Gasteiger partial charge in [-0.15, -0.1) is 0 Å². The lowest BCUT2D eigenvalue weighted by Gasteiger charge is -2.28. The number of aryl methyl sites for hydroxylation is 1. The Morgan fingerprint density at radius 3 is 2.50 bits per heavy atom. The smallest absolute Gasteiger partial charge is 0.433 e. The van der Waals surface area contributed by atoms with Crippen molar-refractivity contribution in [2.75, 3.05) is 25.5 Å². The number of amides is 3. The molecule has 0 bridgehead atoms. The van der Waals surface area contributed by atoms with Crippen LogP contribution < -0.4 is 25.4 Å². The van der Waals surface area contributed by atoms with Crippen LogP contribution in [0.25, 0.3) is 10.9 Å². The summed E-state index contributed by atoms with van der Waals surface area (Å²) >= 11 is 0. The Bertz CT molecular complexity index is 2210. The standard InChI is InChI=1S/C42H43F3N6O5/c1-55-36-23-33-29(21-34(36)48-40(53)32-9-6-11-37(47-32)42(43,44)45)25-51(50-33)30-16-12-27(13-17-30)24-46-20-4-2-3-7-26-14-18-31(19-15-26)56-35-10-5-8-28-22-38(52)49-41(54)39(28)35/h5-6,8-11,14-15,18-19,21,23,25,27,30,46H,2-4,7,12-13,16-17,20,22,24H2,1H3,(H,48,53)(H,49,52,54)/t27-,30-. The number of methoxy groups -OCH3 is 1. The van der Waals surface area contributed by atoms with Crippen molar-refractivity contribution in [3.05, 3.63) is 107 Å². The summed E-state index contributed by atoms with van der Waals surface area (Å²) in [7, 11) is 1.46. The summed E-state index contributed by atoms with van der Waals surface area (Å²) in [6.07, 6.45) is 5.88. The third-order valence-electron chi connectivity index (χ3n) is 10.4. The first-order valence-corrected chi connectivity index (χ1v) is 18.9. The monoisotopic (exact) mass is 768 g/mol. The number of hydrogen-bond donors (Lipinski definition) is 3. The Balaban J connectivity index is 0.814. The number of aromatic nitrogens is 3. The largest absolute Gasteiger partial charge is 0.494 e. The summed E-state index contributed by atoms with van der Waals surface area (Å²) in [5.74, 6) is 0.512. The van der Waals surface area contributed by atoms with Crippen LogP contribution in [0.5, 0.6) is 17.2 Å². The molecule has 0 unspecified atom stereocenters. The quantitative estimate of drug-likeness (QED) is 0.0763. The van der Waals surface area contributed by atoms with Gasteiger partial charge in [-0.3, -0.25) is 24.4 Å². The van der Waals surface area contributed by atoms with Crippen molar-refractivity contribution in [1.29, 1.82) is 0 Å². The maximum Gasteiger partial charge on any atom is 0.433 e. The highest BCUT2D eigenvalue weighted by atomic mass is 19.4. The van der Waals surface area contributed by atoms with Crippen molar-refractivity contribution >= 4 is 34.3 Å². The van der Waals surface area contributed by atoms with Gasteiger partial charge in [0.15, 0.2) is 0 Å². The molecule has 0 spiro atoms. The number of benzene rings is 3. The van der Waals surface area contributed by atoms with E-state index in [1.54, 1.807) is 30.3 Å². The van der Waals surface area contributed by atoms with Crippen molar-refractivity contribution in [3.63, 3.8) is 0 Å². The van der Waals surface area contributed by atoms with Crippen molar-refractivity contribution in [3.8, 4) is 17.2 Å². The van der Waals surface area contributed by atoms with E-state index in [1.165, 1.54) is 18.7 Å². The van der Waals surface area contributed by atoms with E-state index in [-0.39, 0.29) is 24.1 Å². The normalized spacial score (nSPS) is 17.0. The van der Waals surface area contributed by atoms with Gasteiger partial charge >= 0.3 is 6.18 Å². The van der Waals surface area contributed by atoms with Gasteiger partial charge in [-0.2, -0.15) is 18.3 Å². The van der Waals surface area contributed by atoms with Crippen LogP contribution in [0.1, 0.15) is 88.7 Å². The maximum atomic E-state index is 13.1. The molecule has 1 fully saturated rings. The van der Waals surface area contributed by atoms with Gasteiger partial charge in [0.25, 0.3) is 11.8 Å². The lowest BCUT2D eigenvalue weighted by molar-refractivity contribution is -0.141. The molecule has 2 aromatic heterocycles. The first-order chi connectivity index (χ1) is 27.0. The lowest BCUT2D eigenvalue weighted by Crippen LogP contribution is -2.37. The second kappa shape index (κ2) is 16.9. The second-order valence-electron chi connectivity index (χ2n) is 14.4. The summed E-state index contributed by atoms with van der Waals surface area (Å²) in [5.41, 5.74) is 1.84. The molecule has 0 saturated heterocycles. The average molecular weight is 769 g/mol. The molecule has 3 aromatic carbocycles. The Labute approximate surface area is 322 Å². The number of rotatable bonds is 14. The molecule has 2 aliphatic rings. The van der Waals surface area contributed by atoms with Gasteiger partial charge in [0.2, 0.25) is 5.91 Å². The van der Waals surface area contributed by atoms with Crippen LogP contribution in [0.4, 0.5) is 18.9 Å². The molecule has 5 aromatic rings. The van der Waals surface area contributed by atoms with E-state index in [9.17, 15) is 27.6 Å². The SMILES string of the molecule is COc1cc2nn([C@H]3CC[C@H](CNCCCCCc4ccc(Oc5cccc6c5C(=O)NC(=O)C6)cc4)CC3)cc2cc1NC(=O)c1cccc(C(F)(F)F)n1. The molecule has 3 heterocycles. The predicted octanol–water partition coefficient (Wildman–Crippen LogP) is 8.05. The molecule has 0 atom stereocenters. The summed E-state index contributed by atoms with van der Waals surface area (Å²) in [5, 5.41) is 14.2. The van der Waals surface area contributed by atoms with Crippen LogP contribution in [0.3, 0.4) is 0 Å². The number of carbonyl (C=O) groups excluding carboxylic acids is 3. The van der Waals surface area contributed by atoms with E-state index < -0.39 is 23.7 Å². The van der Waals surface area contributed by atoms with Crippen LogP contribution in [0.2, 0.25) is 0 Å². The molecule has 7 rings (SSSR count). The minimum absolute atomic E-state index is 0.159. The second-order valence-corrected chi connectivity index (χ2v) is 14.4. The number of nitrogens with zero attached hydrogens (tertiary/aromatic N) is 3.